The Balaban J connectivity index is 1.85. The maximum atomic E-state index is 5.51. The molecule has 2 aliphatic heterocycles. The van der Waals surface area contributed by atoms with Crippen LogP contribution in [0.4, 0.5) is 17.8 Å². The van der Waals surface area contributed by atoms with Crippen molar-refractivity contribution in [2.24, 2.45) is 11.8 Å². The lowest BCUT2D eigenvalue weighted by Gasteiger charge is -2.32. The highest BCUT2D eigenvalue weighted by Gasteiger charge is 2.22. The molecule has 116 valence electrons. The number of hydrogen-bond donors (Lipinski definition) is 2. The quantitative estimate of drug-likeness (QED) is 0.604. The molecule has 3 rings (SSSR count). The van der Waals surface area contributed by atoms with Crippen LogP contribution in [0.1, 0.15) is 19.8 Å². The van der Waals surface area contributed by atoms with Crippen LogP contribution in [-0.4, -0.2) is 54.3 Å². The molecule has 2 aliphatic rings. The molecule has 1 aromatic heterocycles. The van der Waals surface area contributed by atoms with Crippen LogP contribution < -0.4 is 21.1 Å². The number of hydrogen-bond acceptors (Lipinski definition) is 8. The van der Waals surface area contributed by atoms with E-state index in [9.17, 15) is 0 Å². The number of piperidine rings is 1. The molecule has 21 heavy (non-hydrogen) atoms. The number of aromatic nitrogens is 3. The average Bonchev–Trinajstić information content (AvgIpc) is 2.55. The van der Waals surface area contributed by atoms with E-state index in [2.05, 4.69) is 37.1 Å². The Bertz CT molecular complexity index is 478. The zero-order valence-corrected chi connectivity index (χ0v) is 12.5. The van der Waals surface area contributed by atoms with Crippen LogP contribution in [0.2, 0.25) is 0 Å². The molecule has 0 bridgehead atoms. The third kappa shape index (κ3) is 3.33. The normalized spacial score (nSPS) is 23.2. The summed E-state index contributed by atoms with van der Waals surface area (Å²) in [6.45, 7) is 7.23. The molecule has 1 aromatic rings. The van der Waals surface area contributed by atoms with Gasteiger partial charge in [-0.15, -0.1) is 0 Å². The van der Waals surface area contributed by atoms with Crippen LogP contribution in [0.25, 0.3) is 0 Å². The first-order chi connectivity index (χ1) is 10.3. The molecular formula is C13H23N7O. The number of nitrogen functional groups attached to an aromatic ring is 1. The summed E-state index contributed by atoms with van der Waals surface area (Å²) in [6.07, 6.45) is 2.44. The maximum absolute atomic E-state index is 5.51. The summed E-state index contributed by atoms with van der Waals surface area (Å²) in [7, 11) is 0. The van der Waals surface area contributed by atoms with Gasteiger partial charge >= 0.3 is 0 Å². The zero-order chi connectivity index (χ0) is 14.7. The zero-order valence-electron chi connectivity index (χ0n) is 12.5. The van der Waals surface area contributed by atoms with Gasteiger partial charge in [-0.05, 0) is 18.8 Å². The van der Waals surface area contributed by atoms with Gasteiger partial charge in [-0.1, -0.05) is 6.92 Å². The van der Waals surface area contributed by atoms with Crippen molar-refractivity contribution in [1.82, 2.24) is 15.0 Å². The molecule has 2 saturated heterocycles. The Labute approximate surface area is 124 Å². The van der Waals surface area contributed by atoms with Crippen molar-refractivity contribution in [2.75, 3.05) is 54.6 Å². The fraction of sp³-hybridized carbons (Fsp3) is 0.769. The fourth-order valence-electron chi connectivity index (χ4n) is 2.84. The molecule has 0 spiro atoms. The van der Waals surface area contributed by atoms with Crippen molar-refractivity contribution in [1.29, 1.82) is 0 Å². The molecule has 3 N–H and O–H groups in total. The highest BCUT2D eigenvalue weighted by atomic mass is 16.5. The number of ether oxygens (including phenoxy) is 1. The van der Waals surface area contributed by atoms with Gasteiger partial charge in [0.15, 0.2) is 0 Å². The predicted octanol–water partition coefficient (Wildman–Crippen LogP) is 0.230. The lowest BCUT2D eigenvalue weighted by atomic mass is 10.0. The standard InChI is InChI=1S/C13H23N7O/c1-10-3-2-4-20(9-10)13-16-11(18-14)15-12(17-13)19-5-7-21-8-6-19/h10H,2-9,14H2,1H3,(H,15,16,17,18). The number of morpholine rings is 1. The smallest absolute Gasteiger partial charge is 0.243 e. The van der Waals surface area contributed by atoms with E-state index in [1.165, 1.54) is 12.8 Å². The van der Waals surface area contributed by atoms with Gasteiger partial charge in [0.05, 0.1) is 13.2 Å². The summed E-state index contributed by atoms with van der Waals surface area (Å²) >= 11 is 0. The van der Waals surface area contributed by atoms with Crippen LogP contribution in [0.5, 0.6) is 0 Å². The Morgan fingerprint density at radius 1 is 1.10 bits per heavy atom. The van der Waals surface area contributed by atoms with Crippen LogP contribution in [0.3, 0.4) is 0 Å². The Kier molecular flexibility index (Phi) is 4.35. The predicted molar refractivity (Wildman–Crippen MR) is 81.3 cm³/mol. The molecule has 8 nitrogen and oxygen atoms in total. The van der Waals surface area contributed by atoms with E-state index < -0.39 is 0 Å². The molecule has 2 fully saturated rings. The summed E-state index contributed by atoms with van der Waals surface area (Å²) in [4.78, 5) is 17.8. The van der Waals surface area contributed by atoms with Crippen molar-refractivity contribution in [3.63, 3.8) is 0 Å². The van der Waals surface area contributed by atoms with Gasteiger partial charge in [-0.2, -0.15) is 15.0 Å². The molecular weight excluding hydrogens is 270 g/mol. The molecule has 0 aromatic carbocycles. The van der Waals surface area contributed by atoms with E-state index in [0.29, 0.717) is 37.0 Å². The number of nitrogens with two attached hydrogens (primary N) is 1. The van der Waals surface area contributed by atoms with E-state index >= 15 is 0 Å². The minimum Gasteiger partial charge on any atom is -0.378 e. The molecule has 1 atom stereocenters. The largest absolute Gasteiger partial charge is 0.378 e. The number of nitrogens with one attached hydrogen (secondary N) is 1. The van der Waals surface area contributed by atoms with Gasteiger partial charge < -0.3 is 14.5 Å². The third-order valence-corrected chi connectivity index (χ3v) is 3.97. The Morgan fingerprint density at radius 3 is 2.48 bits per heavy atom. The molecule has 8 heteroatoms. The molecule has 0 aliphatic carbocycles. The molecule has 3 heterocycles. The van der Waals surface area contributed by atoms with E-state index in [-0.39, 0.29) is 0 Å². The first kappa shape index (κ1) is 14.3. The van der Waals surface area contributed by atoms with Crippen LogP contribution >= 0.6 is 0 Å². The van der Waals surface area contributed by atoms with Gasteiger partial charge in [0.25, 0.3) is 0 Å². The lowest BCUT2D eigenvalue weighted by Crippen LogP contribution is -2.39. The minimum atomic E-state index is 0.416. The first-order valence-corrected chi connectivity index (χ1v) is 7.56. The Morgan fingerprint density at radius 2 is 1.81 bits per heavy atom. The lowest BCUT2D eigenvalue weighted by molar-refractivity contribution is 0.122. The first-order valence-electron chi connectivity index (χ1n) is 7.56. The minimum absolute atomic E-state index is 0.416. The highest BCUT2D eigenvalue weighted by molar-refractivity contribution is 5.45. The van der Waals surface area contributed by atoms with Crippen molar-refractivity contribution in [2.45, 2.75) is 19.8 Å². The van der Waals surface area contributed by atoms with Gasteiger partial charge in [0.1, 0.15) is 0 Å². The monoisotopic (exact) mass is 293 g/mol. The van der Waals surface area contributed by atoms with Crippen molar-refractivity contribution >= 4 is 17.8 Å². The number of nitrogens with zero attached hydrogens (tertiary/aromatic N) is 5. The van der Waals surface area contributed by atoms with Crippen LogP contribution in [0.15, 0.2) is 0 Å². The number of anilines is 3. The third-order valence-electron chi connectivity index (χ3n) is 3.97. The maximum Gasteiger partial charge on any atom is 0.243 e. The van der Waals surface area contributed by atoms with E-state index in [4.69, 9.17) is 10.6 Å². The van der Waals surface area contributed by atoms with Crippen molar-refractivity contribution < 1.29 is 4.74 Å². The highest BCUT2D eigenvalue weighted by Crippen LogP contribution is 2.22. The summed E-state index contributed by atoms with van der Waals surface area (Å²) in [5.41, 5.74) is 2.55. The molecule has 0 radical (unpaired) electrons. The van der Waals surface area contributed by atoms with Crippen molar-refractivity contribution in [3.05, 3.63) is 0 Å². The van der Waals surface area contributed by atoms with Gasteiger partial charge in [0, 0.05) is 26.2 Å². The molecule has 0 amide bonds. The van der Waals surface area contributed by atoms with Crippen LogP contribution in [0, 0.1) is 5.92 Å². The van der Waals surface area contributed by atoms with Crippen molar-refractivity contribution in [3.8, 4) is 0 Å². The summed E-state index contributed by atoms with van der Waals surface area (Å²) in [6, 6.07) is 0. The topological polar surface area (TPSA) is 92.4 Å². The van der Waals surface area contributed by atoms with Gasteiger partial charge in [0.2, 0.25) is 17.8 Å². The molecule has 1 unspecified atom stereocenters. The average molecular weight is 293 g/mol. The van der Waals surface area contributed by atoms with Gasteiger partial charge in [-0.3, -0.25) is 5.43 Å². The van der Waals surface area contributed by atoms with E-state index in [1.807, 2.05) is 0 Å². The van der Waals surface area contributed by atoms with Gasteiger partial charge in [-0.25, -0.2) is 5.84 Å². The Hall–Kier alpha value is -1.67. The van der Waals surface area contributed by atoms with Crippen LogP contribution in [-0.2, 0) is 4.74 Å². The van der Waals surface area contributed by atoms with E-state index in [0.717, 1.165) is 26.2 Å². The summed E-state index contributed by atoms with van der Waals surface area (Å²) in [5, 5.41) is 0. The SMILES string of the molecule is CC1CCCN(c2nc(NN)nc(N3CCOCC3)n2)C1. The second kappa shape index (κ2) is 6.40. The second-order valence-corrected chi connectivity index (χ2v) is 5.70. The van der Waals surface area contributed by atoms with E-state index in [1.54, 1.807) is 0 Å². The second-order valence-electron chi connectivity index (χ2n) is 5.70. The summed E-state index contributed by atoms with van der Waals surface area (Å²) in [5.74, 6) is 7.98. The number of hydrazine groups is 1. The number of rotatable bonds is 3. The fourth-order valence-corrected chi connectivity index (χ4v) is 2.84. The summed E-state index contributed by atoms with van der Waals surface area (Å²) < 4.78 is 5.37. The molecule has 0 saturated carbocycles.